The van der Waals surface area contributed by atoms with Crippen molar-refractivity contribution < 1.29 is 42.5 Å². The minimum absolute atomic E-state index is 0.131. The molecule has 0 saturated carbocycles. The topological polar surface area (TPSA) is 89.8 Å². The number of hydrogen-bond acceptors (Lipinski definition) is 7. The van der Waals surface area contributed by atoms with E-state index in [1.165, 1.54) is 37.4 Å². The predicted octanol–water partition coefficient (Wildman–Crippen LogP) is 3.33. The number of hydrogen-bond donors (Lipinski definition) is 1. The number of oxime groups is 1. The maximum Gasteiger partial charge on any atom is 0.358 e. The van der Waals surface area contributed by atoms with Crippen LogP contribution in [0.5, 0.6) is 5.75 Å². The van der Waals surface area contributed by atoms with E-state index < -0.39 is 24.8 Å². The lowest BCUT2D eigenvalue weighted by atomic mass is 10.00. The van der Waals surface area contributed by atoms with E-state index in [-0.39, 0.29) is 41.2 Å². The number of hydroxylamine groups is 1. The number of alkyl halides is 3. The van der Waals surface area contributed by atoms with Crippen molar-refractivity contribution in [3.05, 3.63) is 58.7 Å². The molecule has 0 fully saturated rings. The Morgan fingerprint density at radius 3 is 2.84 bits per heavy atom. The summed E-state index contributed by atoms with van der Waals surface area (Å²) in [6.07, 6.45) is -1.92. The van der Waals surface area contributed by atoms with Gasteiger partial charge in [0.15, 0.2) is 11.5 Å². The average molecular weight is 438 g/mol. The van der Waals surface area contributed by atoms with Crippen LogP contribution in [0.3, 0.4) is 0 Å². The average Bonchev–Trinajstić information content (AvgIpc) is 2.74. The van der Waals surface area contributed by atoms with E-state index in [4.69, 9.17) is 9.73 Å². The number of rotatable bonds is 6. The number of nitrogens with zero attached hydrogens (tertiary/aromatic N) is 2. The Morgan fingerprint density at radius 1 is 1.29 bits per heavy atom. The maximum absolute atomic E-state index is 15.0. The molecule has 0 aliphatic carbocycles. The zero-order valence-corrected chi connectivity index (χ0v) is 16.2. The van der Waals surface area contributed by atoms with Crippen molar-refractivity contribution in [2.24, 2.45) is 5.16 Å². The molecule has 4 rings (SSSR count). The number of anilines is 1. The summed E-state index contributed by atoms with van der Waals surface area (Å²) in [6.45, 7) is -0.937. The number of carbonyl (C=O) groups is 1. The van der Waals surface area contributed by atoms with Crippen LogP contribution < -0.4 is 9.95 Å². The van der Waals surface area contributed by atoms with Crippen LogP contribution in [0.15, 0.2) is 41.6 Å². The Balaban J connectivity index is 1.56. The number of aliphatic carboxylic acids is 1. The van der Waals surface area contributed by atoms with Gasteiger partial charge in [-0.15, -0.1) is 0 Å². The molecule has 1 unspecified atom stereocenters. The Morgan fingerprint density at radius 2 is 2.10 bits per heavy atom. The monoisotopic (exact) mass is 438 g/mol. The third-order valence-electron chi connectivity index (χ3n) is 4.84. The molecule has 2 aromatic carbocycles. The molecule has 1 N–H and O–H groups in total. The zero-order valence-electron chi connectivity index (χ0n) is 16.2. The third-order valence-corrected chi connectivity index (χ3v) is 4.84. The van der Waals surface area contributed by atoms with E-state index in [9.17, 15) is 23.1 Å². The smallest absolute Gasteiger partial charge is 0.358 e. The van der Waals surface area contributed by atoms with Gasteiger partial charge in [0.25, 0.3) is 5.92 Å². The van der Waals surface area contributed by atoms with Crippen molar-refractivity contribution >= 4 is 17.4 Å². The first kappa shape index (κ1) is 20.9. The molecule has 31 heavy (non-hydrogen) atoms. The van der Waals surface area contributed by atoms with Gasteiger partial charge in [-0.25, -0.2) is 14.2 Å². The van der Waals surface area contributed by atoms with Crippen LogP contribution in [0.1, 0.15) is 22.3 Å². The standard InChI is InChI=1S/C20H17F3N2O6/c1-28-24-18(19(26)27)15-4-3-14-7-12(15)9-29-25(14)10-20(22,23)13-2-5-16-11(6-13)8-17(21)31-30-16/h2-7,17H,8-10H2,1H3,(H,26,27). The quantitative estimate of drug-likeness (QED) is 0.420. The van der Waals surface area contributed by atoms with E-state index in [1.807, 2.05) is 0 Å². The molecule has 164 valence electrons. The fourth-order valence-corrected chi connectivity index (χ4v) is 3.37. The van der Waals surface area contributed by atoms with Crippen LogP contribution in [0.2, 0.25) is 0 Å². The minimum Gasteiger partial charge on any atom is -0.476 e. The lowest BCUT2D eigenvalue weighted by molar-refractivity contribution is -0.290. The molecule has 0 radical (unpaired) electrons. The highest BCUT2D eigenvalue weighted by atomic mass is 19.3. The Bertz CT molecular complexity index is 1050. The van der Waals surface area contributed by atoms with Gasteiger partial charge in [0, 0.05) is 23.1 Å². The molecule has 0 aromatic heterocycles. The van der Waals surface area contributed by atoms with Gasteiger partial charge in [0.2, 0.25) is 6.36 Å². The van der Waals surface area contributed by atoms with Crippen LogP contribution in [0.25, 0.3) is 0 Å². The van der Waals surface area contributed by atoms with Crippen molar-refractivity contribution in [1.82, 2.24) is 0 Å². The van der Waals surface area contributed by atoms with E-state index in [2.05, 4.69) is 14.9 Å². The van der Waals surface area contributed by atoms with Gasteiger partial charge >= 0.3 is 5.97 Å². The van der Waals surface area contributed by atoms with Crippen LogP contribution in [0.4, 0.5) is 18.9 Å². The Labute approximate surface area is 174 Å². The number of fused-ring (bicyclic) bond motifs is 3. The summed E-state index contributed by atoms with van der Waals surface area (Å²) in [4.78, 5) is 30.5. The lowest BCUT2D eigenvalue weighted by Crippen LogP contribution is -2.37. The van der Waals surface area contributed by atoms with Crippen LogP contribution in [-0.4, -0.2) is 36.8 Å². The minimum atomic E-state index is -3.33. The van der Waals surface area contributed by atoms with E-state index in [0.717, 1.165) is 5.06 Å². The molecular formula is C20H17F3N2O6. The van der Waals surface area contributed by atoms with Crippen LogP contribution in [0, 0.1) is 0 Å². The number of benzene rings is 2. The summed E-state index contributed by atoms with van der Waals surface area (Å²) in [5.41, 5.74) is 0.691. The molecule has 1 atom stereocenters. The highest BCUT2D eigenvalue weighted by Gasteiger charge is 2.37. The van der Waals surface area contributed by atoms with Crippen molar-refractivity contribution in [2.75, 3.05) is 18.7 Å². The molecule has 2 aliphatic heterocycles. The summed E-state index contributed by atoms with van der Waals surface area (Å²) in [5, 5.41) is 13.8. The first-order chi connectivity index (χ1) is 14.8. The number of carboxylic acids is 1. The summed E-state index contributed by atoms with van der Waals surface area (Å²) in [6, 6.07) is 8.13. The van der Waals surface area contributed by atoms with Crippen molar-refractivity contribution in [3.63, 3.8) is 0 Å². The molecule has 0 spiro atoms. The van der Waals surface area contributed by atoms with E-state index >= 15 is 0 Å². The summed E-state index contributed by atoms with van der Waals surface area (Å²) < 4.78 is 43.3. The van der Waals surface area contributed by atoms with Gasteiger partial charge in [0.1, 0.15) is 20.3 Å². The first-order valence-electron chi connectivity index (χ1n) is 9.15. The second-order valence-corrected chi connectivity index (χ2v) is 6.90. The van der Waals surface area contributed by atoms with E-state index in [1.54, 1.807) is 6.07 Å². The van der Waals surface area contributed by atoms with Gasteiger partial charge in [-0.1, -0.05) is 5.16 Å². The van der Waals surface area contributed by atoms with E-state index in [0.29, 0.717) is 11.3 Å². The van der Waals surface area contributed by atoms with Crippen LogP contribution >= 0.6 is 0 Å². The number of halogens is 3. The highest BCUT2D eigenvalue weighted by molar-refractivity contribution is 6.42. The highest BCUT2D eigenvalue weighted by Crippen LogP contribution is 2.37. The van der Waals surface area contributed by atoms with Crippen molar-refractivity contribution in [3.8, 4) is 5.75 Å². The molecule has 2 aliphatic rings. The molecular weight excluding hydrogens is 421 g/mol. The lowest BCUT2D eigenvalue weighted by Gasteiger charge is -2.32. The SMILES string of the molecule is CON=C(C(=O)O)c1ccc2cc1CON2CC(F)(F)c1ccc2c(c1)CC(F)OO2. The summed E-state index contributed by atoms with van der Waals surface area (Å²) in [7, 11) is 1.22. The fourth-order valence-electron chi connectivity index (χ4n) is 3.37. The largest absolute Gasteiger partial charge is 0.476 e. The molecule has 2 bridgehead atoms. The molecule has 0 saturated heterocycles. The Hall–Kier alpha value is -3.31. The Kier molecular flexibility index (Phi) is 5.46. The predicted molar refractivity (Wildman–Crippen MR) is 100 cm³/mol. The first-order valence-corrected chi connectivity index (χ1v) is 9.15. The molecule has 2 aromatic rings. The number of carboxylic acid groups (broad SMARTS) is 1. The van der Waals surface area contributed by atoms with Gasteiger partial charge in [-0.3, -0.25) is 4.84 Å². The molecule has 8 nitrogen and oxygen atoms in total. The van der Waals surface area contributed by atoms with Gasteiger partial charge in [0.05, 0.1) is 5.69 Å². The van der Waals surface area contributed by atoms with Gasteiger partial charge < -0.3 is 14.8 Å². The fraction of sp³-hybridized carbons (Fsp3) is 0.300. The van der Waals surface area contributed by atoms with Crippen molar-refractivity contribution in [2.45, 2.75) is 25.3 Å². The normalized spacial score (nSPS) is 18.3. The van der Waals surface area contributed by atoms with Gasteiger partial charge in [-0.2, -0.15) is 13.7 Å². The second kappa shape index (κ2) is 8.08. The molecule has 2 heterocycles. The third kappa shape index (κ3) is 4.14. The summed E-state index contributed by atoms with van der Waals surface area (Å²) in [5.74, 6) is -4.44. The molecule has 11 heteroatoms. The van der Waals surface area contributed by atoms with Crippen molar-refractivity contribution in [1.29, 1.82) is 0 Å². The second-order valence-electron chi connectivity index (χ2n) is 6.90. The van der Waals surface area contributed by atoms with Gasteiger partial charge in [-0.05, 0) is 42.0 Å². The summed E-state index contributed by atoms with van der Waals surface area (Å²) >= 11 is 0. The maximum atomic E-state index is 15.0. The van der Waals surface area contributed by atoms with Crippen LogP contribution in [-0.2, 0) is 38.3 Å². The molecule has 0 amide bonds. The zero-order chi connectivity index (χ0) is 22.2.